The van der Waals surface area contributed by atoms with E-state index in [9.17, 15) is 9.59 Å². The minimum Gasteiger partial charge on any atom is -0.497 e. The zero-order chi connectivity index (χ0) is 17.5. The van der Waals surface area contributed by atoms with Gasteiger partial charge in [0, 0.05) is 11.6 Å². The van der Waals surface area contributed by atoms with Crippen LogP contribution in [-0.4, -0.2) is 25.0 Å². The third-order valence-electron chi connectivity index (χ3n) is 4.58. The van der Waals surface area contributed by atoms with Gasteiger partial charge in [-0.2, -0.15) is 0 Å². The predicted molar refractivity (Wildman–Crippen MR) is 95.0 cm³/mol. The number of rotatable bonds is 6. The molecule has 1 atom stereocenters. The third kappa shape index (κ3) is 4.98. The Bertz CT molecular complexity index is 548. The standard InChI is InChI=1S/C19H28N2O3/c1-13(2)17(21-18(22)14-7-5-4-6-8-14)19(23)20-15-9-11-16(24-3)12-10-15/h9-14,17H,4-8H2,1-3H3,(H,20,23)(H,21,22). The predicted octanol–water partition coefficient (Wildman–Crippen LogP) is 3.35. The molecule has 132 valence electrons. The molecular formula is C19H28N2O3. The first kappa shape index (κ1) is 18.3. The zero-order valence-corrected chi connectivity index (χ0v) is 14.8. The molecule has 0 saturated heterocycles. The number of hydrogen-bond donors (Lipinski definition) is 2. The van der Waals surface area contributed by atoms with Crippen molar-refractivity contribution >= 4 is 17.5 Å². The van der Waals surface area contributed by atoms with Crippen molar-refractivity contribution in [3.05, 3.63) is 24.3 Å². The van der Waals surface area contributed by atoms with E-state index in [0.717, 1.165) is 31.4 Å². The maximum atomic E-state index is 12.6. The monoisotopic (exact) mass is 332 g/mol. The molecule has 0 radical (unpaired) electrons. The Morgan fingerprint density at radius 2 is 1.71 bits per heavy atom. The van der Waals surface area contributed by atoms with Gasteiger partial charge < -0.3 is 15.4 Å². The number of benzene rings is 1. The molecule has 2 N–H and O–H groups in total. The molecule has 24 heavy (non-hydrogen) atoms. The van der Waals surface area contributed by atoms with Gasteiger partial charge in [-0.1, -0.05) is 33.1 Å². The van der Waals surface area contributed by atoms with Crippen molar-refractivity contribution in [3.63, 3.8) is 0 Å². The Labute approximate surface area is 144 Å². The maximum absolute atomic E-state index is 12.6. The van der Waals surface area contributed by atoms with Crippen LogP contribution in [0.5, 0.6) is 5.75 Å². The van der Waals surface area contributed by atoms with Crippen LogP contribution in [0.2, 0.25) is 0 Å². The van der Waals surface area contributed by atoms with Gasteiger partial charge in [0.15, 0.2) is 0 Å². The first-order chi connectivity index (χ1) is 11.5. The summed E-state index contributed by atoms with van der Waals surface area (Å²) in [6, 6.07) is 6.64. The Kier molecular flexibility index (Phi) is 6.64. The molecule has 2 rings (SSSR count). The van der Waals surface area contributed by atoms with Crippen molar-refractivity contribution in [1.82, 2.24) is 5.32 Å². The van der Waals surface area contributed by atoms with E-state index in [1.807, 2.05) is 13.8 Å². The molecule has 0 spiro atoms. The smallest absolute Gasteiger partial charge is 0.247 e. The van der Waals surface area contributed by atoms with Gasteiger partial charge >= 0.3 is 0 Å². The first-order valence-corrected chi connectivity index (χ1v) is 8.76. The van der Waals surface area contributed by atoms with Crippen LogP contribution in [0.4, 0.5) is 5.69 Å². The summed E-state index contributed by atoms with van der Waals surface area (Å²) < 4.78 is 5.11. The normalized spacial score (nSPS) is 16.5. The molecule has 0 aromatic heterocycles. The summed E-state index contributed by atoms with van der Waals surface area (Å²) in [6.07, 6.45) is 5.26. The van der Waals surface area contributed by atoms with Crippen molar-refractivity contribution in [2.24, 2.45) is 11.8 Å². The van der Waals surface area contributed by atoms with Gasteiger partial charge in [0.1, 0.15) is 11.8 Å². The minimum absolute atomic E-state index is 0.0123. The average molecular weight is 332 g/mol. The quantitative estimate of drug-likeness (QED) is 0.839. The SMILES string of the molecule is COc1ccc(NC(=O)C(NC(=O)C2CCCCC2)C(C)C)cc1. The molecule has 1 unspecified atom stereocenters. The summed E-state index contributed by atoms with van der Waals surface area (Å²) in [5.41, 5.74) is 0.693. The molecule has 0 aliphatic heterocycles. The summed E-state index contributed by atoms with van der Waals surface area (Å²) in [5, 5.41) is 5.83. The molecule has 0 heterocycles. The van der Waals surface area contributed by atoms with Gasteiger partial charge in [0.05, 0.1) is 7.11 Å². The van der Waals surface area contributed by atoms with Gasteiger partial charge in [0.25, 0.3) is 0 Å². The van der Waals surface area contributed by atoms with E-state index in [-0.39, 0.29) is 23.7 Å². The highest BCUT2D eigenvalue weighted by atomic mass is 16.5. The molecule has 1 aromatic rings. The summed E-state index contributed by atoms with van der Waals surface area (Å²) in [5.74, 6) is 0.640. The lowest BCUT2D eigenvalue weighted by atomic mass is 9.88. The third-order valence-corrected chi connectivity index (χ3v) is 4.58. The van der Waals surface area contributed by atoms with Crippen LogP contribution in [0, 0.1) is 11.8 Å². The maximum Gasteiger partial charge on any atom is 0.247 e. The fourth-order valence-corrected chi connectivity index (χ4v) is 3.07. The van der Waals surface area contributed by atoms with Crippen LogP contribution in [0.1, 0.15) is 46.0 Å². The van der Waals surface area contributed by atoms with Gasteiger partial charge in [-0.05, 0) is 43.0 Å². The van der Waals surface area contributed by atoms with Crippen LogP contribution in [0.25, 0.3) is 0 Å². The van der Waals surface area contributed by atoms with E-state index in [1.54, 1.807) is 31.4 Å². The lowest BCUT2D eigenvalue weighted by molar-refractivity contribution is -0.130. The van der Waals surface area contributed by atoms with Crippen LogP contribution in [0.3, 0.4) is 0 Å². The Balaban J connectivity index is 1.97. The number of anilines is 1. The number of methoxy groups -OCH3 is 1. The van der Waals surface area contributed by atoms with Crippen LogP contribution >= 0.6 is 0 Å². The fourth-order valence-electron chi connectivity index (χ4n) is 3.07. The summed E-state index contributed by atoms with van der Waals surface area (Å²) in [7, 11) is 1.60. The van der Waals surface area contributed by atoms with Crippen LogP contribution in [0.15, 0.2) is 24.3 Å². The van der Waals surface area contributed by atoms with E-state index in [2.05, 4.69) is 10.6 Å². The molecule has 2 amide bonds. The molecule has 5 heteroatoms. The van der Waals surface area contributed by atoms with Crippen molar-refractivity contribution in [1.29, 1.82) is 0 Å². The summed E-state index contributed by atoms with van der Waals surface area (Å²) in [4.78, 5) is 25.0. The van der Waals surface area contributed by atoms with E-state index in [1.165, 1.54) is 6.42 Å². The summed E-state index contributed by atoms with van der Waals surface area (Å²) >= 11 is 0. The van der Waals surface area contributed by atoms with Gasteiger partial charge in [-0.15, -0.1) is 0 Å². The average Bonchev–Trinajstić information content (AvgIpc) is 2.60. The fraction of sp³-hybridized carbons (Fsp3) is 0.579. The molecule has 1 fully saturated rings. The molecule has 1 aliphatic rings. The van der Waals surface area contributed by atoms with E-state index in [0.29, 0.717) is 5.69 Å². The van der Waals surface area contributed by atoms with Crippen molar-refractivity contribution in [2.75, 3.05) is 12.4 Å². The number of ether oxygens (including phenoxy) is 1. The second-order valence-corrected chi connectivity index (χ2v) is 6.78. The van der Waals surface area contributed by atoms with Crippen molar-refractivity contribution < 1.29 is 14.3 Å². The number of hydrogen-bond acceptors (Lipinski definition) is 3. The van der Waals surface area contributed by atoms with E-state index >= 15 is 0 Å². The highest BCUT2D eigenvalue weighted by Crippen LogP contribution is 2.24. The van der Waals surface area contributed by atoms with Crippen molar-refractivity contribution in [3.8, 4) is 5.75 Å². The number of carbonyl (C=O) groups excluding carboxylic acids is 2. The molecule has 5 nitrogen and oxygen atoms in total. The minimum atomic E-state index is -0.526. The summed E-state index contributed by atoms with van der Waals surface area (Å²) in [6.45, 7) is 3.89. The molecule has 0 bridgehead atoms. The number of nitrogens with one attached hydrogen (secondary N) is 2. The van der Waals surface area contributed by atoms with Crippen LogP contribution < -0.4 is 15.4 Å². The topological polar surface area (TPSA) is 67.4 Å². The van der Waals surface area contributed by atoms with Crippen molar-refractivity contribution in [2.45, 2.75) is 52.0 Å². The molecule has 1 aromatic carbocycles. The lowest BCUT2D eigenvalue weighted by Gasteiger charge is -2.26. The molecule has 1 saturated carbocycles. The second-order valence-electron chi connectivity index (χ2n) is 6.78. The Morgan fingerprint density at radius 3 is 2.25 bits per heavy atom. The largest absolute Gasteiger partial charge is 0.497 e. The van der Waals surface area contributed by atoms with E-state index in [4.69, 9.17) is 4.74 Å². The van der Waals surface area contributed by atoms with Gasteiger partial charge in [-0.3, -0.25) is 9.59 Å². The van der Waals surface area contributed by atoms with Gasteiger partial charge in [-0.25, -0.2) is 0 Å². The van der Waals surface area contributed by atoms with Gasteiger partial charge in [0.2, 0.25) is 11.8 Å². The van der Waals surface area contributed by atoms with E-state index < -0.39 is 6.04 Å². The Morgan fingerprint density at radius 1 is 1.08 bits per heavy atom. The van der Waals surface area contributed by atoms with Crippen LogP contribution in [-0.2, 0) is 9.59 Å². The number of amides is 2. The molecular weight excluding hydrogens is 304 g/mol. The number of carbonyl (C=O) groups is 2. The zero-order valence-electron chi connectivity index (χ0n) is 14.8. The highest BCUT2D eigenvalue weighted by Gasteiger charge is 2.28. The lowest BCUT2D eigenvalue weighted by Crippen LogP contribution is -2.49. The Hall–Kier alpha value is -2.04. The first-order valence-electron chi connectivity index (χ1n) is 8.76. The molecule has 1 aliphatic carbocycles. The highest BCUT2D eigenvalue weighted by molar-refractivity contribution is 5.97. The second kappa shape index (κ2) is 8.71.